The van der Waals surface area contributed by atoms with Gasteiger partial charge in [-0.05, 0) is 93.5 Å². The van der Waals surface area contributed by atoms with Crippen LogP contribution >= 0.6 is 11.3 Å². The Morgan fingerprint density at radius 1 is 0.390 bits per heavy atom. The maximum absolute atomic E-state index is 6.96. The first-order chi connectivity index (χ1) is 29.2. The first kappa shape index (κ1) is 33.7. The van der Waals surface area contributed by atoms with Crippen LogP contribution in [0, 0.1) is 0 Å². The summed E-state index contributed by atoms with van der Waals surface area (Å²) in [6.07, 6.45) is 0. The number of thiophene rings is 1. The van der Waals surface area contributed by atoms with Crippen LogP contribution in [0.3, 0.4) is 0 Å². The summed E-state index contributed by atoms with van der Waals surface area (Å²) >= 11 is 1.85. The lowest BCUT2D eigenvalue weighted by molar-refractivity contribution is 0.360. The maximum atomic E-state index is 6.96. The summed E-state index contributed by atoms with van der Waals surface area (Å²) in [6, 6.07) is 75.8. The molecule has 3 nitrogen and oxygen atoms in total. The third kappa shape index (κ3) is 5.20. The summed E-state index contributed by atoms with van der Waals surface area (Å²) in [7, 11) is 0. The SMILES string of the molecule is c1ccc(N(c2ccc(-c3ccc4c(c3)sc3ccccc34)cc2)c2ccc3c(c2)Oc2ccc4c(c2O3)-c2ccccc2C4(c2ccccc2)c2ccccc2)cc1. The maximum Gasteiger partial charge on any atom is 0.178 e. The molecule has 2 heterocycles. The van der Waals surface area contributed by atoms with Gasteiger partial charge >= 0.3 is 0 Å². The molecule has 0 saturated heterocycles. The van der Waals surface area contributed by atoms with Gasteiger partial charge < -0.3 is 14.4 Å². The normalized spacial score (nSPS) is 13.2. The molecule has 0 amide bonds. The average Bonchev–Trinajstić information content (AvgIpc) is 3.83. The second-order valence-corrected chi connectivity index (χ2v) is 16.3. The van der Waals surface area contributed by atoms with Crippen molar-refractivity contribution in [1.82, 2.24) is 0 Å². The lowest BCUT2D eigenvalue weighted by atomic mass is 9.68. The van der Waals surface area contributed by atoms with Crippen molar-refractivity contribution in [2.24, 2.45) is 0 Å². The molecule has 9 aromatic carbocycles. The van der Waals surface area contributed by atoms with E-state index >= 15 is 0 Å². The molecule has 0 unspecified atom stereocenters. The van der Waals surface area contributed by atoms with Crippen LogP contribution in [0.4, 0.5) is 17.1 Å². The molecule has 278 valence electrons. The fourth-order valence-corrected chi connectivity index (χ4v) is 10.6. The van der Waals surface area contributed by atoms with Crippen molar-refractivity contribution in [3.05, 3.63) is 235 Å². The van der Waals surface area contributed by atoms with Crippen molar-refractivity contribution >= 4 is 48.6 Å². The number of para-hydroxylation sites is 1. The first-order valence-electron chi connectivity index (χ1n) is 20.0. The van der Waals surface area contributed by atoms with E-state index in [0.29, 0.717) is 17.2 Å². The molecule has 0 fully saturated rings. The van der Waals surface area contributed by atoms with E-state index in [2.05, 4.69) is 211 Å². The van der Waals surface area contributed by atoms with Crippen LogP contribution in [0.1, 0.15) is 22.3 Å². The number of nitrogens with zero attached hydrogens (tertiary/aromatic N) is 1. The van der Waals surface area contributed by atoms with Crippen LogP contribution < -0.4 is 14.4 Å². The van der Waals surface area contributed by atoms with Crippen LogP contribution in [0.5, 0.6) is 23.0 Å². The monoisotopic (exact) mass is 773 g/mol. The quantitative estimate of drug-likeness (QED) is 0.168. The minimum atomic E-state index is -0.520. The number of anilines is 3. The first-order valence-corrected chi connectivity index (χ1v) is 20.8. The minimum Gasteiger partial charge on any atom is -0.449 e. The summed E-state index contributed by atoms with van der Waals surface area (Å²) in [6.45, 7) is 0. The minimum absolute atomic E-state index is 0.520. The van der Waals surface area contributed by atoms with Crippen molar-refractivity contribution in [3.8, 4) is 45.3 Å². The zero-order chi connectivity index (χ0) is 38.9. The zero-order valence-corrected chi connectivity index (χ0v) is 32.7. The molecular formula is C55H35NO2S. The summed E-state index contributed by atoms with van der Waals surface area (Å²) in [4.78, 5) is 2.27. The van der Waals surface area contributed by atoms with E-state index in [9.17, 15) is 0 Å². The van der Waals surface area contributed by atoms with Gasteiger partial charge in [-0.1, -0.05) is 152 Å². The Labute approximate surface area is 346 Å². The lowest BCUT2D eigenvalue weighted by Gasteiger charge is -2.34. The number of ether oxygens (including phenoxy) is 2. The van der Waals surface area contributed by atoms with Gasteiger partial charge in [-0.15, -0.1) is 11.3 Å². The predicted molar refractivity (Wildman–Crippen MR) is 243 cm³/mol. The van der Waals surface area contributed by atoms with Crippen LogP contribution in [0.15, 0.2) is 212 Å². The third-order valence-electron chi connectivity index (χ3n) is 12.0. The molecule has 59 heavy (non-hydrogen) atoms. The molecule has 12 rings (SSSR count). The summed E-state index contributed by atoms with van der Waals surface area (Å²) in [5.74, 6) is 2.80. The van der Waals surface area contributed by atoms with E-state index in [4.69, 9.17) is 9.47 Å². The van der Waals surface area contributed by atoms with E-state index in [-0.39, 0.29) is 0 Å². The van der Waals surface area contributed by atoms with Gasteiger partial charge in [-0.2, -0.15) is 0 Å². The van der Waals surface area contributed by atoms with Gasteiger partial charge in [0.05, 0.1) is 11.1 Å². The van der Waals surface area contributed by atoms with Crippen LogP contribution in [-0.2, 0) is 5.41 Å². The number of hydrogen-bond donors (Lipinski definition) is 0. The van der Waals surface area contributed by atoms with E-state index < -0.39 is 5.41 Å². The van der Waals surface area contributed by atoms with Gasteiger partial charge in [0.2, 0.25) is 0 Å². The Bertz CT molecular complexity index is 3170. The number of hydrogen-bond acceptors (Lipinski definition) is 4. The molecule has 1 aromatic heterocycles. The van der Waals surface area contributed by atoms with E-state index in [1.54, 1.807) is 0 Å². The molecule has 10 aromatic rings. The molecule has 1 aliphatic heterocycles. The molecule has 4 heteroatoms. The highest BCUT2D eigenvalue weighted by Crippen LogP contribution is 2.62. The van der Waals surface area contributed by atoms with Crippen molar-refractivity contribution in [3.63, 3.8) is 0 Å². The molecule has 0 saturated carbocycles. The highest BCUT2D eigenvalue weighted by molar-refractivity contribution is 7.25. The smallest absolute Gasteiger partial charge is 0.178 e. The lowest BCUT2D eigenvalue weighted by Crippen LogP contribution is -2.28. The van der Waals surface area contributed by atoms with Crippen molar-refractivity contribution < 1.29 is 9.47 Å². The Morgan fingerprint density at radius 2 is 1.00 bits per heavy atom. The van der Waals surface area contributed by atoms with Crippen LogP contribution in [-0.4, -0.2) is 0 Å². The Morgan fingerprint density at radius 3 is 1.78 bits per heavy atom. The number of rotatable bonds is 6. The van der Waals surface area contributed by atoms with Gasteiger partial charge in [0.15, 0.2) is 23.0 Å². The largest absolute Gasteiger partial charge is 0.449 e. The second-order valence-electron chi connectivity index (χ2n) is 15.2. The van der Waals surface area contributed by atoms with Crippen molar-refractivity contribution in [1.29, 1.82) is 0 Å². The summed E-state index contributed by atoms with van der Waals surface area (Å²) in [5.41, 5.74) is 12.0. The van der Waals surface area contributed by atoms with Crippen LogP contribution in [0.25, 0.3) is 42.4 Å². The molecule has 0 radical (unpaired) electrons. The predicted octanol–water partition coefficient (Wildman–Crippen LogP) is 15.5. The summed E-state index contributed by atoms with van der Waals surface area (Å²) in [5, 5.41) is 2.63. The van der Waals surface area contributed by atoms with Gasteiger partial charge in [-0.3, -0.25) is 0 Å². The van der Waals surface area contributed by atoms with E-state index in [1.807, 2.05) is 17.4 Å². The zero-order valence-electron chi connectivity index (χ0n) is 31.9. The third-order valence-corrected chi connectivity index (χ3v) is 13.1. The average molecular weight is 774 g/mol. The number of fused-ring (bicyclic) bond motifs is 9. The Hall–Kier alpha value is -7.40. The molecule has 1 aliphatic carbocycles. The number of benzene rings is 9. The van der Waals surface area contributed by atoms with Crippen molar-refractivity contribution in [2.75, 3.05) is 4.90 Å². The molecule has 0 bridgehead atoms. The summed E-state index contributed by atoms with van der Waals surface area (Å²) < 4.78 is 16.4. The Balaban J connectivity index is 0.930. The fraction of sp³-hybridized carbons (Fsp3) is 0.0182. The molecule has 2 aliphatic rings. The topological polar surface area (TPSA) is 21.7 Å². The van der Waals surface area contributed by atoms with Gasteiger partial charge in [-0.25, -0.2) is 0 Å². The molecule has 0 atom stereocenters. The highest BCUT2D eigenvalue weighted by Gasteiger charge is 2.48. The van der Waals surface area contributed by atoms with Crippen LogP contribution in [0.2, 0.25) is 0 Å². The van der Waals surface area contributed by atoms with Gasteiger partial charge in [0.1, 0.15) is 0 Å². The standard InChI is InChI=1S/C55H35NO2S/c1-4-14-38(15-5-1)55(39-16-6-2-7-17-39)46-22-12-10-21-45(46)53-47(55)31-33-49-54(53)58-48-32-29-42(35-50(48)57-49)56(40-18-8-3-9-19-40)41-27-24-36(25-28-41)37-26-30-44-43-20-11-13-23-51(43)59-52(44)34-37/h1-35H. The van der Waals surface area contributed by atoms with E-state index in [0.717, 1.165) is 33.9 Å². The molecule has 0 spiro atoms. The second kappa shape index (κ2) is 13.3. The molecule has 0 N–H and O–H groups in total. The van der Waals surface area contributed by atoms with Gasteiger partial charge in [0.25, 0.3) is 0 Å². The Kier molecular flexibility index (Phi) is 7.62. The molecular weight excluding hydrogens is 739 g/mol. The fourth-order valence-electron chi connectivity index (χ4n) is 9.42. The van der Waals surface area contributed by atoms with Gasteiger partial charge in [0, 0.05) is 43.2 Å². The van der Waals surface area contributed by atoms with Crippen molar-refractivity contribution in [2.45, 2.75) is 5.41 Å². The highest BCUT2D eigenvalue weighted by atomic mass is 32.1. The van der Waals surface area contributed by atoms with E-state index in [1.165, 1.54) is 53.6 Å².